The van der Waals surface area contributed by atoms with Gasteiger partial charge in [0.05, 0.1) is 22.5 Å². The average molecular weight is 782 g/mol. The summed E-state index contributed by atoms with van der Waals surface area (Å²) in [5.74, 6) is -1.69. The Kier molecular flexibility index (Phi) is 11.3. The number of carboxylic acid groups (broad SMARTS) is 1. The minimum absolute atomic E-state index is 0.0112. The molecule has 0 bridgehead atoms. The first-order valence-electron chi connectivity index (χ1n) is 19.1. The monoisotopic (exact) mass is 781 g/mol. The number of carboxylic acids is 1. The maximum Gasteiger partial charge on any atom is 0.408 e. The van der Waals surface area contributed by atoms with Crippen molar-refractivity contribution in [2.24, 2.45) is 5.92 Å². The highest BCUT2D eigenvalue weighted by Crippen LogP contribution is 2.45. The molecule has 56 heavy (non-hydrogen) atoms. The van der Waals surface area contributed by atoms with Gasteiger partial charge in [-0.15, -0.1) is 11.3 Å². The minimum Gasteiger partial charge on any atom is -0.489 e. The van der Waals surface area contributed by atoms with Crippen molar-refractivity contribution in [3.63, 3.8) is 0 Å². The van der Waals surface area contributed by atoms with E-state index in [1.165, 1.54) is 16.2 Å². The summed E-state index contributed by atoms with van der Waals surface area (Å²) in [4.78, 5) is 66.2. The number of ether oxygens (including phenoxy) is 3. The van der Waals surface area contributed by atoms with E-state index in [1.54, 1.807) is 20.8 Å². The topological polar surface area (TPSA) is 169 Å². The number of fused-ring (bicyclic) bond motifs is 3. The number of allylic oxidation sites excluding steroid dienone is 1. The summed E-state index contributed by atoms with van der Waals surface area (Å²) in [6.07, 6.45) is 6.01. The number of alkyl carbamates (subject to hydrolysis) is 1. The van der Waals surface area contributed by atoms with Gasteiger partial charge in [-0.3, -0.25) is 9.59 Å². The highest BCUT2D eigenvalue weighted by atomic mass is 32.1. The van der Waals surface area contributed by atoms with Gasteiger partial charge in [0.25, 0.3) is 0 Å². The lowest BCUT2D eigenvalue weighted by molar-refractivity contribution is -0.145. The molecule has 3 N–H and O–H groups in total. The molecule has 14 heteroatoms. The van der Waals surface area contributed by atoms with Crippen molar-refractivity contribution in [1.29, 1.82) is 0 Å². The molecule has 2 aliphatic heterocycles. The van der Waals surface area contributed by atoms with E-state index in [0.717, 1.165) is 29.7 Å². The molecular weight excluding hydrogens is 735 g/mol. The fourth-order valence-corrected chi connectivity index (χ4v) is 7.96. The number of hydrogen-bond acceptors (Lipinski definition) is 10. The second kappa shape index (κ2) is 16.3. The number of carbonyl (C=O) groups excluding carboxylic acids is 3. The van der Waals surface area contributed by atoms with Gasteiger partial charge in [-0.1, -0.05) is 61.4 Å². The molecule has 1 saturated heterocycles. The van der Waals surface area contributed by atoms with Crippen LogP contribution in [-0.2, 0) is 25.7 Å². The van der Waals surface area contributed by atoms with Crippen LogP contribution in [0.5, 0.6) is 11.6 Å². The smallest absolute Gasteiger partial charge is 0.408 e. The number of aromatic nitrogens is 2. The molecule has 2 fully saturated rings. The van der Waals surface area contributed by atoms with Crippen molar-refractivity contribution in [3.05, 3.63) is 83.8 Å². The number of hydrogen-bond donors (Lipinski definition) is 3. The summed E-state index contributed by atoms with van der Waals surface area (Å²) in [6, 6.07) is 17.1. The number of benzene rings is 2. The molecule has 0 spiro atoms. The van der Waals surface area contributed by atoms with Crippen LogP contribution < -0.4 is 20.1 Å². The Labute approximate surface area is 329 Å². The minimum atomic E-state index is -1.46. The summed E-state index contributed by atoms with van der Waals surface area (Å²) in [7, 11) is 0. The maximum atomic E-state index is 14.5. The van der Waals surface area contributed by atoms with Gasteiger partial charge in [0.2, 0.25) is 17.7 Å². The van der Waals surface area contributed by atoms with E-state index in [2.05, 4.69) is 10.6 Å². The van der Waals surface area contributed by atoms with E-state index in [4.69, 9.17) is 24.2 Å². The predicted octanol–water partition coefficient (Wildman–Crippen LogP) is 6.66. The van der Waals surface area contributed by atoms with Crippen molar-refractivity contribution in [1.82, 2.24) is 25.5 Å². The molecule has 2 aromatic heterocycles. The summed E-state index contributed by atoms with van der Waals surface area (Å²) < 4.78 is 18.2. The second-order valence-corrected chi connectivity index (χ2v) is 16.6. The molecule has 13 nitrogen and oxygen atoms in total. The van der Waals surface area contributed by atoms with Crippen molar-refractivity contribution >= 4 is 46.2 Å². The first-order valence-corrected chi connectivity index (χ1v) is 20.0. The van der Waals surface area contributed by atoms with E-state index in [9.17, 15) is 24.3 Å². The fourth-order valence-electron chi connectivity index (χ4n) is 7.26. The lowest BCUT2D eigenvalue weighted by Crippen LogP contribution is -2.56. The summed E-state index contributed by atoms with van der Waals surface area (Å²) in [5, 5.41) is 17.7. The summed E-state index contributed by atoms with van der Waals surface area (Å²) in [5.41, 5.74) is 0.434. The van der Waals surface area contributed by atoms with Crippen LogP contribution in [0.25, 0.3) is 21.6 Å². The number of nitrogens with zero attached hydrogens (tertiary/aromatic N) is 3. The molecule has 0 radical (unpaired) electrons. The van der Waals surface area contributed by atoms with E-state index >= 15 is 0 Å². The fraction of sp³-hybridized carbons (Fsp3) is 0.429. The van der Waals surface area contributed by atoms with Gasteiger partial charge in [0, 0.05) is 18.4 Å². The average Bonchev–Trinajstić information content (AvgIpc) is 3.45. The molecule has 4 aromatic rings. The maximum absolute atomic E-state index is 14.5. The van der Waals surface area contributed by atoms with Crippen LogP contribution in [0.4, 0.5) is 4.79 Å². The van der Waals surface area contributed by atoms with Gasteiger partial charge in [-0.2, -0.15) is 0 Å². The Morgan fingerprint density at radius 1 is 1.04 bits per heavy atom. The molecule has 7 rings (SSSR count). The first kappa shape index (κ1) is 38.8. The second-order valence-electron chi connectivity index (χ2n) is 15.6. The van der Waals surface area contributed by atoms with Gasteiger partial charge in [0.15, 0.2) is 0 Å². The van der Waals surface area contributed by atoms with E-state index in [1.807, 2.05) is 78.2 Å². The molecule has 5 atom stereocenters. The van der Waals surface area contributed by atoms with Crippen LogP contribution in [0.1, 0.15) is 71.3 Å². The molecule has 1 saturated carbocycles. The number of carbonyl (C=O) groups is 4. The van der Waals surface area contributed by atoms with E-state index in [0.29, 0.717) is 41.9 Å². The Balaban J connectivity index is 1.18. The van der Waals surface area contributed by atoms with Gasteiger partial charge in [0.1, 0.15) is 47.4 Å². The normalized spacial score (nSPS) is 24.8. The van der Waals surface area contributed by atoms with Gasteiger partial charge < -0.3 is 34.9 Å². The first-order chi connectivity index (χ1) is 26.9. The SMILES string of the molecule is CC(C)(C)OC(=O)N[C@H]1CCCCC/C=C\C2CC2(C(=O)O)NC(=O)C2C[C@@H](Oc3nc4ccc(OCc5ccccc5)cc4nc3-c3cccs3)CN2C1=O. The number of thiophene rings is 1. The molecular formula is C42H47N5O8S. The molecule has 3 aliphatic rings. The summed E-state index contributed by atoms with van der Waals surface area (Å²) in [6.45, 7) is 5.60. The van der Waals surface area contributed by atoms with Crippen molar-refractivity contribution in [3.8, 4) is 22.2 Å². The highest BCUT2D eigenvalue weighted by molar-refractivity contribution is 7.13. The van der Waals surface area contributed by atoms with Crippen molar-refractivity contribution in [2.75, 3.05) is 6.54 Å². The summed E-state index contributed by atoms with van der Waals surface area (Å²) >= 11 is 1.47. The largest absolute Gasteiger partial charge is 0.489 e. The third-order valence-corrected chi connectivity index (χ3v) is 11.1. The Morgan fingerprint density at radius 3 is 2.61 bits per heavy atom. The van der Waals surface area contributed by atoms with E-state index in [-0.39, 0.29) is 31.2 Å². The quantitative estimate of drug-likeness (QED) is 0.165. The number of aliphatic carboxylic acids is 1. The predicted molar refractivity (Wildman–Crippen MR) is 210 cm³/mol. The standard InChI is InChI=1S/C42H47N5O8S/c1-41(2,3)55-40(52)45-31-16-11-6-4-5-10-15-27-23-42(27,39(50)51)46-36(48)33-22-29(24-47(33)38(31)49)54-37-35(34-17-12-20-56-34)43-32-21-28(18-19-30(32)44-37)53-25-26-13-8-7-9-14-26/h7-10,12-15,17-21,27,29,31,33H,4-6,11,16,22-25H2,1-3H3,(H,45,52)(H,46,48)(H,50,51)/b15-10-/t27?,29-,31+,33?,42?/m1/s1. The van der Waals surface area contributed by atoms with Crippen molar-refractivity contribution in [2.45, 2.75) is 102 Å². The molecule has 2 aromatic carbocycles. The van der Waals surface area contributed by atoms with Gasteiger partial charge in [-0.25, -0.2) is 19.6 Å². The number of rotatable bonds is 8. The van der Waals surface area contributed by atoms with Crippen LogP contribution >= 0.6 is 11.3 Å². The van der Waals surface area contributed by atoms with Crippen LogP contribution in [0.15, 0.2) is 78.2 Å². The van der Waals surface area contributed by atoms with Crippen LogP contribution in [0.2, 0.25) is 0 Å². The molecule has 294 valence electrons. The Hall–Kier alpha value is -5.50. The lowest BCUT2D eigenvalue weighted by atomic mass is 10.0. The van der Waals surface area contributed by atoms with Gasteiger partial charge >= 0.3 is 12.1 Å². The van der Waals surface area contributed by atoms with Crippen LogP contribution in [0, 0.1) is 5.92 Å². The Bertz CT molecular complexity index is 2100. The molecule has 4 heterocycles. The number of nitrogens with one attached hydrogen (secondary N) is 2. The van der Waals surface area contributed by atoms with E-state index < -0.39 is 53.2 Å². The zero-order chi connectivity index (χ0) is 39.5. The van der Waals surface area contributed by atoms with Crippen LogP contribution in [0.3, 0.4) is 0 Å². The van der Waals surface area contributed by atoms with Crippen LogP contribution in [-0.4, -0.2) is 79.7 Å². The third kappa shape index (κ3) is 8.96. The van der Waals surface area contributed by atoms with Crippen molar-refractivity contribution < 1.29 is 38.5 Å². The molecule has 3 amide bonds. The lowest BCUT2D eigenvalue weighted by Gasteiger charge is -2.30. The third-order valence-electron chi connectivity index (χ3n) is 10.2. The van der Waals surface area contributed by atoms with Gasteiger partial charge in [-0.05, 0) is 75.6 Å². The zero-order valence-electron chi connectivity index (χ0n) is 31.7. The zero-order valence-corrected chi connectivity index (χ0v) is 32.6. The number of amides is 3. The molecule has 1 aliphatic carbocycles. The Morgan fingerprint density at radius 2 is 1.86 bits per heavy atom. The highest BCUT2D eigenvalue weighted by Gasteiger charge is 2.61. The molecule has 3 unspecified atom stereocenters.